The van der Waals surface area contributed by atoms with Crippen LogP contribution in [0, 0.1) is 26.6 Å². The number of aromatic amines is 1. The van der Waals surface area contributed by atoms with Gasteiger partial charge in [0.2, 0.25) is 0 Å². The molecule has 0 saturated carbocycles. The van der Waals surface area contributed by atoms with Gasteiger partial charge in [0.1, 0.15) is 5.82 Å². The molecule has 0 bridgehead atoms. The van der Waals surface area contributed by atoms with Crippen molar-refractivity contribution >= 4 is 10.9 Å². The number of hydrogen-bond donors (Lipinski definition) is 3. The minimum absolute atomic E-state index is 0.0238. The lowest BCUT2D eigenvalue weighted by Crippen LogP contribution is -2.16. The highest BCUT2D eigenvalue weighted by Gasteiger charge is 2.26. The molecule has 1 atom stereocenters. The molecule has 180 valence electrons. The molecule has 3 aromatic rings. The standard InChI is InChI=1S/C23H25FN2O2.C3H8.CH4O/c1-11-5-6-16-13(3)17(24)10-18-21(16)20(11)14(4)22(25-18)19-9-15(7-8-27)12(2)23(28)26-19;1-3-2;1-2/h9-11,27H,5-8H2,1-4H3,(H,26,28);3H2,1-2H3;2H,1H3/t11-;;/m0../s1. The van der Waals surface area contributed by atoms with Gasteiger partial charge in [-0.15, -0.1) is 0 Å². The van der Waals surface area contributed by atoms with E-state index in [2.05, 4.69) is 25.8 Å². The summed E-state index contributed by atoms with van der Waals surface area (Å²) in [5.41, 5.74) is 7.18. The third-order valence-electron chi connectivity index (χ3n) is 6.24. The summed E-state index contributed by atoms with van der Waals surface area (Å²) in [6, 6.07) is 3.40. The van der Waals surface area contributed by atoms with Crippen molar-refractivity contribution in [3.8, 4) is 11.4 Å². The van der Waals surface area contributed by atoms with Crippen LogP contribution in [0.5, 0.6) is 0 Å². The van der Waals surface area contributed by atoms with Gasteiger partial charge in [-0.3, -0.25) is 4.79 Å². The minimum atomic E-state index is -0.233. The summed E-state index contributed by atoms with van der Waals surface area (Å²) in [6.45, 7) is 12.0. The van der Waals surface area contributed by atoms with Crippen LogP contribution in [-0.2, 0) is 12.8 Å². The molecule has 33 heavy (non-hydrogen) atoms. The van der Waals surface area contributed by atoms with Crippen LogP contribution in [0.4, 0.5) is 4.39 Å². The number of pyridine rings is 2. The van der Waals surface area contributed by atoms with E-state index in [9.17, 15) is 14.3 Å². The van der Waals surface area contributed by atoms with Crippen molar-refractivity contribution in [2.24, 2.45) is 0 Å². The number of hydrogen-bond acceptors (Lipinski definition) is 4. The van der Waals surface area contributed by atoms with Crippen LogP contribution in [-0.4, -0.2) is 33.9 Å². The third kappa shape index (κ3) is 5.17. The fourth-order valence-electron chi connectivity index (χ4n) is 4.58. The highest BCUT2D eigenvalue weighted by atomic mass is 19.1. The number of H-pyrrole nitrogens is 1. The molecule has 0 fully saturated rings. The Morgan fingerprint density at radius 1 is 1.12 bits per heavy atom. The molecule has 0 aliphatic heterocycles. The Kier molecular flexibility index (Phi) is 9.32. The number of nitrogens with zero attached hydrogens (tertiary/aromatic N) is 1. The molecule has 1 aliphatic rings. The van der Waals surface area contributed by atoms with Gasteiger partial charge in [0.05, 0.1) is 16.9 Å². The van der Waals surface area contributed by atoms with Gasteiger partial charge >= 0.3 is 0 Å². The molecule has 1 aromatic carbocycles. The second-order valence-corrected chi connectivity index (χ2v) is 8.64. The molecule has 6 heteroatoms. The van der Waals surface area contributed by atoms with Gasteiger partial charge in [0, 0.05) is 30.7 Å². The van der Waals surface area contributed by atoms with Crippen molar-refractivity contribution in [2.75, 3.05) is 13.7 Å². The third-order valence-corrected chi connectivity index (χ3v) is 6.24. The van der Waals surface area contributed by atoms with Crippen LogP contribution in [0.25, 0.3) is 22.3 Å². The average molecular weight is 457 g/mol. The van der Waals surface area contributed by atoms with E-state index < -0.39 is 0 Å². The summed E-state index contributed by atoms with van der Waals surface area (Å²) in [5.74, 6) is 0.111. The molecule has 4 rings (SSSR count). The molecular formula is C27H37FN2O3. The van der Waals surface area contributed by atoms with Gasteiger partial charge in [-0.25, -0.2) is 9.37 Å². The van der Waals surface area contributed by atoms with Gasteiger partial charge < -0.3 is 15.2 Å². The average Bonchev–Trinajstić information content (AvgIpc) is 2.79. The van der Waals surface area contributed by atoms with E-state index in [4.69, 9.17) is 10.1 Å². The molecule has 0 radical (unpaired) electrons. The molecule has 5 nitrogen and oxygen atoms in total. The van der Waals surface area contributed by atoms with Crippen molar-refractivity contribution in [3.05, 3.63) is 61.7 Å². The maximum atomic E-state index is 14.5. The molecule has 2 heterocycles. The lowest BCUT2D eigenvalue weighted by atomic mass is 9.79. The number of rotatable bonds is 3. The van der Waals surface area contributed by atoms with Gasteiger partial charge in [-0.2, -0.15) is 0 Å². The monoisotopic (exact) mass is 456 g/mol. The molecule has 0 unspecified atom stereocenters. The summed E-state index contributed by atoms with van der Waals surface area (Å²) in [6.07, 6.45) is 3.49. The Morgan fingerprint density at radius 3 is 2.36 bits per heavy atom. The number of nitrogens with one attached hydrogen (secondary N) is 1. The van der Waals surface area contributed by atoms with Gasteiger partial charge in [-0.05, 0) is 79.8 Å². The van der Waals surface area contributed by atoms with E-state index >= 15 is 0 Å². The Hall–Kier alpha value is -2.57. The van der Waals surface area contributed by atoms with Crippen LogP contribution in [0.15, 0.2) is 16.9 Å². The normalized spacial score (nSPS) is 14.3. The first-order valence-electron chi connectivity index (χ1n) is 11.7. The summed E-state index contributed by atoms with van der Waals surface area (Å²) in [7, 11) is 1.00. The van der Waals surface area contributed by atoms with Crippen LogP contribution < -0.4 is 5.56 Å². The predicted molar refractivity (Wildman–Crippen MR) is 134 cm³/mol. The number of halogens is 1. The minimum Gasteiger partial charge on any atom is -0.400 e. The first kappa shape index (κ1) is 26.7. The van der Waals surface area contributed by atoms with Crippen LogP contribution in [0.2, 0.25) is 0 Å². The van der Waals surface area contributed by atoms with Gasteiger partial charge in [0.15, 0.2) is 0 Å². The topological polar surface area (TPSA) is 86.2 Å². The first-order chi connectivity index (χ1) is 15.7. The van der Waals surface area contributed by atoms with E-state index in [1.54, 1.807) is 6.92 Å². The SMILES string of the molecule is CCC.CO.Cc1c(F)cc2nc(-c3cc(CCO)c(C)c(=O)[nH]3)c(C)c3c2c1CC[C@@H]3C. The summed E-state index contributed by atoms with van der Waals surface area (Å²) < 4.78 is 14.5. The number of aliphatic hydroxyl groups is 2. The Labute approximate surface area is 195 Å². The lowest BCUT2D eigenvalue weighted by Gasteiger charge is -2.27. The van der Waals surface area contributed by atoms with Crippen molar-refractivity contribution in [3.63, 3.8) is 0 Å². The number of benzene rings is 1. The van der Waals surface area contributed by atoms with Crippen LogP contribution in [0.3, 0.4) is 0 Å². The first-order valence-corrected chi connectivity index (χ1v) is 11.7. The molecule has 1 aliphatic carbocycles. The lowest BCUT2D eigenvalue weighted by molar-refractivity contribution is 0.299. The smallest absolute Gasteiger partial charge is 0.251 e. The Morgan fingerprint density at radius 2 is 1.76 bits per heavy atom. The zero-order valence-corrected chi connectivity index (χ0v) is 20.9. The number of aliphatic hydroxyl groups excluding tert-OH is 2. The van der Waals surface area contributed by atoms with Crippen LogP contribution >= 0.6 is 0 Å². The Balaban J connectivity index is 0.000000714. The fourth-order valence-corrected chi connectivity index (χ4v) is 4.58. The van der Waals surface area contributed by atoms with Gasteiger partial charge in [-0.1, -0.05) is 27.2 Å². The highest BCUT2D eigenvalue weighted by molar-refractivity contribution is 5.92. The summed E-state index contributed by atoms with van der Waals surface area (Å²) >= 11 is 0. The second kappa shape index (κ2) is 11.5. The predicted octanol–water partition coefficient (Wildman–Crippen LogP) is 5.26. The zero-order chi connectivity index (χ0) is 24.9. The molecule has 3 N–H and O–H groups in total. The van der Waals surface area contributed by atoms with E-state index in [1.807, 2.05) is 19.9 Å². The zero-order valence-electron chi connectivity index (χ0n) is 20.9. The largest absolute Gasteiger partial charge is 0.400 e. The van der Waals surface area contributed by atoms with E-state index in [-0.39, 0.29) is 18.0 Å². The molecule has 0 spiro atoms. The van der Waals surface area contributed by atoms with Crippen molar-refractivity contribution in [2.45, 2.75) is 73.1 Å². The highest BCUT2D eigenvalue weighted by Crippen LogP contribution is 2.42. The van der Waals surface area contributed by atoms with Crippen molar-refractivity contribution in [1.82, 2.24) is 9.97 Å². The molecular weight excluding hydrogens is 419 g/mol. The molecule has 0 amide bonds. The van der Waals surface area contributed by atoms with E-state index in [0.29, 0.717) is 40.4 Å². The second-order valence-electron chi connectivity index (χ2n) is 8.64. The molecule has 0 saturated heterocycles. The number of aromatic nitrogens is 2. The fraction of sp³-hybridized carbons (Fsp3) is 0.481. The molecule has 2 aromatic heterocycles. The maximum Gasteiger partial charge on any atom is 0.251 e. The van der Waals surface area contributed by atoms with Crippen molar-refractivity contribution in [1.29, 1.82) is 0 Å². The summed E-state index contributed by atoms with van der Waals surface area (Å²) in [4.78, 5) is 20.2. The maximum absolute atomic E-state index is 14.5. The number of aryl methyl sites for hydroxylation is 1. The van der Waals surface area contributed by atoms with Crippen molar-refractivity contribution < 1.29 is 14.6 Å². The summed E-state index contributed by atoms with van der Waals surface area (Å²) in [5, 5.41) is 17.4. The van der Waals surface area contributed by atoms with E-state index in [0.717, 1.165) is 42.0 Å². The quantitative estimate of drug-likeness (QED) is 0.502. The van der Waals surface area contributed by atoms with Crippen LogP contribution in [0.1, 0.15) is 72.9 Å². The Bertz CT molecular complexity index is 1180. The van der Waals surface area contributed by atoms with Gasteiger partial charge in [0.25, 0.3) is 5.56 Å². The van der Waals surface area contributed by atoms with E-state index in [1.165, 1.54) is 18.1 Å².